The zero-order valence-corrected chi connectivity index (χ0v) is 10.1. The Kier molecular flexibility index (Phi) is 3.62. The number of benzene rings is 1. The zero-order chi connectivity index (χ0) is 15.1. The first kappa shape index (κ1) is 15.4. The van der Waals surface area contributed by atoms with E-state index in [9.17, 15) is 26.7 Å². The Morgan fingerprint density at radius 3 is 1.95 bits per heavy atom. The van der Waals surface area contributed by atoms with E-state index in [2.05, 4.69) is 0 Å². The molecule has 0 aliphatic rings. The first-order chi connectivity index (χ1) is 8.40. The van der Waals surface area contributed by atoms with Gasteiger partial charge in [0, 0.05) is 5.56 Å². The number of aliphatic carboxylic acids is 1. The molecule has 0 saturated heterocycles. The molecule has 0 aliphatic heterocycles. The molecule has 0 heterocycles. The summed E-state index contributed by atoms with van der Waals surface area (Å²) in [6, 6.07) is 3.37. The van der Waals surface area contributed by atoms with Gasteiger partial charge in [-0.05, 0) is 25.5 Å². The molecule has 19 heavy (non-hydrogen) atoms. The minimum absolute atomic E-state index is 0.124. The Labute approximate surface area is 105 Å². The van der Waals surface area contributed by atoms with Crippen molar-refractivity contribution in [1.82, 2.24) is 0 Å². The van der Waals surface area contributed by atoms with Gasteiger partial charge in [0.15, 0.2) is 0 Å². The number of carbonyl (C=O) groups is 1. The van der Waals surface area contributed by atoms with Gasteiger partial charge in [0.2, 0.25) is 0 Å². The highest BCUT2D eigenvalue weighted by Gasteiger charge is 2.58. The van der Waals surface area contributed by atoms with Crippen LogP contribution in [-0.2, 0) is 16.1 Å². The maximum absolute atomic E-state index is 13.2. The minimum Gasteiger partial charge on any atom is -0.481 e. The third-order valence-electron chi connectivity index (χ3n) is 2.84. The number of carboxylic acid groups (broad SMARTS) is 1. The summed E-state index contributed by atoms with van der Waals surface area (Å²) in [7, 11) is 0. The summed E-state index contributed by atoms with van der Waals surface area (Å²) in [5, 5.41) is 8.94. The summed E-state index contributed by atoms with van der Waals surface area (Å²) in [6.07, 6.45) is -5.72. The number of halogens is 5. The summed E-state index contributed by atoms with van der Waals surface area (Å²) in [4.78, 5) is 11.0. The molecule has 0 unspecified atom stereocenters. The molecule has 0 amide bonds. The van der Waals surface area contributed by atoms with Crippen LogP contribution in [0.3, 0.4) is 0 Å². The highest BCUT2D eigenvalue weighted by molar-refractivity contribution is 5.80. The summed E-state index contributed by atoms with van der Waals surface area (Å²) < 4.78 is 63.0. The van der Waals surface area contributed by atoms with E-state index in [1.165, 1.54) is 19.9 Å². The quantitative estimate of drug-likeness (QED) is 0.858. The van der Waals surface area contributed by atoms with Crippen molar-refractivity contribution in [3.05, 3.63) is 35.4 Å². The van der Waals surface area contributed by atoms with Gasteiger partial charge in [-0.15, -0.1) is 0 Å². The predicted molar refractivity (Wildman–Crippen MR) is 57.1 cm³/mol. The van der Waals surface area contributed by atoms with Crippen LogP contribution in [-0.4, -0.2) is 17.3 Å². The molecule has 2 nitrogen and oxygen atoms in total. The molecule has 0 saturated carbocycles. The second-order valence-electron chi connectivity index (χ2n) is 4.58. The molecule has 0 fully saturated rings. The second-order valence-corrected chi connectivity index (χ2v) is 4.58. The first-order valence-electron chi connectivity index (χ1n) is 5.19. The number of carboxylic acids is 1. The van der Waals surface area contributed by atoms with E-state index in [1.54, 1.807) is 0 Å². The van der Waals surface area contributed by atoms with Crippen LogP contribution in [0.15, 0.2) is 24.3 Å². The molecule has 1 N–H and O–H groups in total. The van der Waals surface area contributed by atoms with Crippen LogP contribution in [0.5, 0.6) is 0 Å². The van der Waals surface area contributed by atoms with Crippen molar-refractivity contribution in [2.75, 3.05) is 0 Å². The normalized spacial score (nSPS) is 13.4. The molecular weight excluding hydrogens is 271 g/mol. The van der Waals surface area contributed by atoms with Gasteiger partial charge >= 0.3 is 18.1 Å². The third kappa shape index (κ3) is 2.69. The minimum atomic E-state index is -5.72. The average molecular weight is 282 g/mol. The van der Waals surface area contributed by atoms with Crippen LogP contribution in [0.1, 0.15) is 25.0 Å². The number of rotatable bonds is 3. The molecule has 1 aromatic rings. The van der Waals surface area contributed by atoms with Crippen molar-refractivity contribution in [2.24, 2.45) is 0 Å². The monoisotopic (exact) mass is 282 g/mol. The average Bonchev–Trinajstić information content (AvgIpc) is 2.27. The molecule has 0 bridgehead atoms. The molecule has 106 valence electrons. The molecular formula is C12H11F5O2. The topological polar surface area (TPSA) is 37.3 Å². The molecule has 1 aromatic carbocycles. The van der Waals surface area contributed by atoms with Crippen molar-refractivity contribution < 1.29 is 31.9 Å². The highest BCUT2D eigenvalue weighted by Crippen LogP contribution is 2.44. The largest absolute Gasteiger partial charge is 0.481 e. The van der Waals surface area contributed by atoms with Crippen LogP contribution in [0, 0.1) is 0 Å². The molecule has 1 rings (SSSR count). The van der Waals surface area contributed by atoms with E-state index in [1.807, 2.05) is 0 Å². The third-order valence-corrected chi connectivity index (χ3v) is 2.84. The number of alkyl halides is 5. The van der Waals surface area contributed by atoms with E-state index in [0.717, 1.165) is 6.07 Å². The van der Waals surface area contributed by atoms with Crippen molar-refractivity contribution in [3.8, 4) is 0 Å². The number of hydrogen-bond acceptors (Lipinski definition) is 1. The van der Waals surface area contributed by atoms with Gasteiger partial charge in [0.1, 0.15) is 0 Å². The fraction of sp³-hybridized carbons (Fsp3) is 0.417. The fourth-order valence-corrected chi connectivity index (χ4v) is 1.39. The molecule has 0 radical (unpaired) electrons. The Balaban J connectivity index is 3.34. The van der Waals surface area contributed by atoms with Crippen molar-refractivity contribution >= 4 is 5.97 Å². The molecule has 0 aromatic heterocycles. The molecule has 0 spiro atoms. The van der Waals surface area contributed by atoms with Gasteiger partial charge < -0.3 is 5.11 Å². The lowest BCUT2D eigenvalue weighted by atomic mass is 9.83. The van der Waals surface area contributed by atoms with Crippen LogP contribution in [0.2, 0.25) is 0 Å². The summed E-state index contributed by atoms with van der Waals surface area (Å²) in [6.45, 7) is 2.44. The van der Waals surface area contributed by atoms with Crippen LogP contribution < -0.4 is 0 Å². The lowest BCUT2D eigenvalue weighted by molar-refractivity contribution is -0.289. The van der Waals surface area contributed by atoms with E-state index >= 15 is 0 Å². The Bertz CT molecular complexity index is 491. The van der Waals surface area contributed by atoms with E-state index in [0.29, 0.717) is 12.1 Å². The van der Waals surface area contributed by atoms with E-state index in [4.69, 9.17) is 5.11 Å². The van der Waals surface area contributed by atoms with Crippen LogP contribution >= 0.6 is 0 Å². The zero-order valence-electron chi connectivity index (χ0n) is 10.1. The van der Waals surface area contributed by atoms with Crippen molar-refractivity contribution in [1.29, 1.82) is 0 Å². The van der Waals surface area contributed by atoms with E-state index in [-0.39, 0.29) is 5.56 Å². The maximum Gasteiger partial charge on any atom is 0.458 e. The number of hydrogen-bond donors (Lipinski definition) is 1. The van der Waals surface area contributed by atoms with Gasteiger partial charge in [-0.25, -0.2) is 0 Å². The van der Waals surface area contributed by atoms with Crippen LogP contribution in [0.25, 0.3) is 0 Å². The lowest BCUT2D eigenvalue weighted by Gasteiger charge is -2.24. The van der Waals surface area contributed by atoms with Crippen molar-refractivity contribution in [2.45, 2.75) is 31.4 Å². The van der Waals surface area contributed by atoms with Gasteiger partial charge in [0.05, 0.1) is 5.41 Å². The maximum atomic E-state index is 13.2. The van der Waals surface area contributed by atoms with Crippen LogP contribution in [0.4, 0.5) is 22.0 Å². The second kappa shape index (κ2) is 4.47. The van der Waals surface area contributed by atoms with E-state index < -0.39 is 29.0 Å². The van der Waals surface area contributed by atoms with Gasteiger partial charge in [-0.3, -0.25) is 4.79 Å². The molecule has 0 atom stereocenters. The first-order valence-corrected chi connectivity index (χ1v) is 5.19. The fourth-order valence-electron chi connectivity index (χ4n) is 1.39. The summed E-state index contributed by atoms with van der Waals surface area (Å²) in [5.74, 6) is -6.34. The Morgan fingerprint density at radius 2 is 1.53 bits per heavy atom. The summed E-state index contributed by atoms with van der Waals surface area (Å²) >= 11 is 0. The van der Waals surface area contributed by atoms with Gasteiger partial charge in [0.25, 0.3) is 0 Å². The summed E-state index contributed by atoms with van der Waals surface area (Å²) in [5.41, 5.74) is -2.95. The molecule has 0 aliphatic carbocycles. The smallest absolute Gasteiger partial charge is 0.458 e. The van der Waals surface area contributed by atoms with Gasteiger partial charge in [-0.1, -0.05) is 18.2 Å². The Morgan fingerprint density at radius 1 is 1.05 bits per heavy atom. The lowest BCUT2D eigenvalue weighted by Crippen LogP contribution is -2.34. The predicted octanol–water partition coefficient (Wildman–Crippen LogP) is 3.70. The highest BCUT2D eigenvalue weighted by atomic mass is 19.4. The standard InChI is InChI=1S/C12H11F5O2/c1-10(2,9(18)19)7-4-3-5-8(6-7)11(13,14)12(15,16)17/h3-6H,1-2H3,(H,18,19). The van der Waals surface area contributed by atoms with Crippen molar-refractivity contribution in [3.63, 3.8) is 0 Å². The Hall–Kier alpha value is -1.66. The SMILES string of the molecule is CC(C)(C(=O)O)c1cccc(C(F)(F)C(F)(F)F)c1. The van der Waals surface area contributed by atoms with Gasteiger partial charge in [-0.2, -0.15) is 22.0 Å². The molecule has 7 heteroatoms.